The number of rotatable bonds is 3. The Morgan fingerprint density at radius 3 is 2.94 bits per heavy atom. The maximum Gasteiger partial charge on any atom is 0.136 e. The molecule has 1 fully saturated rings. The molecular formula is C15H16BrNO. The van der Waals surface area contributed by atoms with E-state index in [-0.39, 0.29) is 0 Å². The average molecular weight is 306 g/mol. The summed E-state index contributed by atoms with van der Waals surface area (Å²) in [5, 5.41) is 1.25. The lowest BCUT2D eigenvalue weighted by Gasteiger charge is -2.09. The lowest BCUT2D eigenvalue weighted by Crippen LogP contribution is -2.09. The van der Waals surface area contributed by atoms with E-state index in [4.69, 9.17) is 0 Å². The monoisotopic (exact) mass is 305 g/mol. The van der Waals surface area contributed by atoms with Gasteiger partial charge in [0.15, 0.2) is 0 Å². The van der Waals surface area contributed by atoms with Gasteiger partial charge in [0.2, 0.25) is 0 Å². The zero-order valence-corrected chi connectivity index (χ0v) is 11.8. The molecule has 1 aromatic carbocycles. The molecule has 2 aromatic rings. The first-order chi connectivity index (χ1) is 8.75. The SMILES string of the molecule is O=C1CCCC1CCn1cc(Br)c2ccccc21. The second-order valence-corrected chi connectivity index (χ2v) is 5.89. The van der Waals surface area contributed by atoms with E-state index in [1.807, 2.05) is 0 Å². The molecule has 3 heteroatoms. The molecule has 0 aliphatic heterocycles. The zero-order chi connectivity index (χ0) is 12.5. The number of para-hydroxylation sites is 1. The Morgan fingerprint density at radius 2 is 2.17 bits per heavy atom. The van der Waals surface area contributed by atoms with E-state index in [1.54, 1.807) is 0 Å². The summed E-state index contributed by atoms with van der Waals surface area (Å²) in [5.74, 6) is 0.760. The van der Waals surface area contributed by atoms with Gasteiger partial charge in [0.1, 0.15) is 5.78 Å². The number of Topliss-reactive ketones (excluding diaryl/α,β-unsaturated/α-hetero) is 1. The molecule has 0 N–H and O–H groups in total. The van der Waals surface area contributed by atoms with Crippen molar-refractivity contribution in [2.45, 2.75) is 32.2 Å². The van der Waals surface area contributed by atoms with Crippen molar-refractivity contribution in [3.8, 4) is 0 Å². The second-order valence-electron chi connectivity index (χ2n) is 5.03. The molecular weight excluding hydrogens is 290 g/mol. The first kappa shape index (κ1) is 12.0. The van der Waals surface area contributed by atoms with Gasteiger partial charge in [0, 0.05) is 40.5 Å². The Hall–Kier alpha value is -1.09. The van der Waals surface area contributed by atoms with Crippen molar-refractivity contribution in [1.82, 2.24) is 4.57 Å². The lowest BCUT2D eigenvalue weighted by atomic mass is 10.0. The summed E-state index contributed by atoms with van der Waals surface area (Å²) in [5.41, 5.74) is 1.25. The van der Waals surface area contributed by atoms with Crippen LogP contribution in [0.3, 0.4) is 0 Å². The van der Waals surface area contributed by atoms with Crippen molar-refractivity contribution in [3.63, 3.8) is 0 Å². The number of carbonyl (C=O) groups excluding carboxylic acids is 1. The van der Waals surface area contributed by atoms with E-state index in [9.17, 15) is 4.79 Å². The van der Waals surface area contributed by atoms with Gasteiger partial charge in [-0.05, 0) is 41.3 Å². The van der Waals surface area contributed by atoms with Gasteiger partial charge in [-0.15, -0.1) is 0 Å². The van der Waals surface area contributed by atoms with Gasteiger partial charge in [-0.1, -0.05) is 18.2 Å². The minimum atomic E-state index is 0.296. The number of hydrogen-bond donors (Lipinski definition) is 0. The Bertz CT molecular complexity index is 587. The molecule has 0 saturated heterocycles. The lowest BCUT2D eigenvalue weighted by molar-refractivity contribution is -0.120. The maximum atomic E-state index is 11.6. The number of benzene rings is 1. The number of carbonyl (C=O) groups is 1. The fraction of sp³-hybridized carbons (Fsp3) is 0.400. The first-order valence-electron chi connectivity index (χ1n) is 6.52. The quantitative estimate of drug-likeness (QED) is 0.834. The Kier molecular flexibility index (Phi) is 3.25. The van der Waals surface area contributed by atoms with E-state index >= 15 is 0 Å². The Morgan fingerprint density at radius 1 is 1.33 bits per heavy atom. The minimum Gasteiger partial charge on any atom is -0.346 e. The fourth-order valence-corrected chi connectivity index (χ4v) is 3.46. The van der Waals surface area contributed by atoms with Crippen molar-refractivity contribution in [2.75, 3.05) is 0 Å². The summed E-state index contributed by atoms with van der Waals surface area (Å²) in [7, 11) is 0. The summed E-state index contributed by atoms with van der Waals surface area (Å²) in [6.07, 6.45) is 6.06. The van der Waals surface area contributed by atoms with Crippen LogP contribution in [-0.4, -0.2) is 10.4 Å². The highest BCUT2D eigenvalue weighted by Gasteiger charge is 2.23. The summed E-state index contributed by atoms with van der Waals surface area (Å²) >= 11 is 3.60. The summed E-state index contributed by atoms with van der Waals surface area (Å²) in [4.78, 5) is 11.6. The van der Waals surface area contributed by atoms with Crippen LogP contribution in [0, 0.1) is 5.92 Å². The zero-order valence-electron chi connectivity index (χ0n) is 10.2. The summed E-state index contributed by atoms with van der Waals surface area (Å²) in [6.45, 7) is 0.933. The van der Waals surface area contributed by atoms with Crippen LogP contribution in [0.2, 0.25) is 0 Å². The van der Waals surface area contributed by atoms with Crippen molar-refractivity contribution >= 4 is 32.6 Å². The molecule has 1 aliphatic carbocycles. The smallest absolute Gasteiger partial charge is 0.136 e. The van der Waals surface area contributed by atoms with Crippen molar-refractivity contribution in [1.29, 1.82) is 0 Å². The normalized spacial score (nSPS) is 19.8. The molecule has 1 unspecified atom stereocenters. The van der Waals surface area contributed by atoms with E-state index in [2.05, 4.69) is 51.0 Å². The molecule has 3 rings (SSSR count). The van der Waals surface area contributed by atoms with Crippen LogP contribution in [-0.2, 0) is 11.3 Å². The van der Waals surface area contributed by atoms with E-state index in [0.29, 0.717) is 11.7 Å². The molecule has 1 heterocycles. The van der Waals surface area contributed by atoms with Gasteiger partial charge >= 0.3 is 0 Å². The van der Waals surface area contributed by atoms with Crippen LogP contribution in [0.25, 0.3) is 10.9 Å². The molecule has 1 aliphatic rings. The van der Waals surface area contributed by atoms with Crippen LogP contribution in [0.1, 0.15) is 25.7 Å². The summed E-state index contributed by atoms with van der Waals surface area (Å²) in [6, 6.07) is 8.37. The highest BCUT2D eigenvalue weighted by molar-refractivity contribution is 9.10. The van der Waals surface area contributed by atoms with Crippen LogP contribution in [0.4, 0.5) is 0 Å². The molecule has 2 nitrogen and oxygen atoms in total. The minimum absolute atomic E-state index is 0.296. The Balaban J connectivity index is 1.80. The van der Waals surface area contributed by atoms with Crippen LogP contribution >= 0.6 is 15.9 Å². The van der Waals surface area contributed by atoms with E-state index in [0.717, 1.165) is 36.7 Å². The number of nitrogens with zero attached hydrogens (tertiary/aromatic N) is 1. The topological polar surface area (TPSA) is 22.0 Å². The van der Waals surface area contributed by atoms with Crippen LogP contribution in [0.15, 0.2) is 34.9 Å². The molecule has 1 aromatic heterocycles. The van der Waals surface area contributed by atoms with Gasteiger partial charge in [-0.2, -0.15) is 0 Å². The van der Waals surface area contributed by atoms with Crippen molar-refractivity contribution in [3.05, 3.63) is 34.9 Å². The number of hydrogen-bond acceptors (Lipinski definition) is 1. The predicted molar refractivity (Wildman–Crippen MR) is 76.6 cm³/mol. The standard InChI is InChI=1S/C15H16BrNO/c16-13-10-17(14-6-2-1-5-12(13)14)9-8-11-4-3-7-15(11)18/h1-2,5-6,10-11H,3-4,7-9H2. The average Bonchev–Trinajstić information content (AvgIpc) is 2.92. The molecule has 0 bridgehead atoms. The summed E-state index contributed by atoms with van der Waals surface area (Å²) < 4.78 is 3.39. The number of ketones is 1. The number of aryl methyl sites for hydroxylation is 1. The molecule has 1 saturated carbocycles. The Labute approximate surface area is 115 Å². The largest absolute Gasteiger partial charge is 0.346 e. The molecule has 0 spiro atoms. The second kappa shape index (κ2) is 4.88. The van der Waals surface area contributed by atoms with E-state index in [1.165, 1.54) is 10.9 Å². The highest BCUT2D eigenvalue weighted by Crippen LogP contribution is 2.29. The molecule has 1 atom stereocenters. The molecule has 94 valence electrons. The van der Waals surface area contributed by atoms with E-state index < -0.39 is 0 Å². The van der Waals surface area contributed by atoms with Gasteiger partial charge in [0.25, 0.3) is 0 Å². The van der Waals surface area contributed by atoms with Gasteiger partial charge in [-0.3, -0.25) is 4.79 Å². The third-order valence-corrected chi connectivity index (χ3v) is 4.52. The van der Waals surface area contributed by atoms with Gasteiger partial charge in [-0.25, -0.2) is 0 Å². The number of halogens is 1. The van der Waals surface area contributed by atoms with Gasteiger partial charge < -0.3 is 4.57 Å². The first-order valence-corrected chi connectivity index (χ1v) is 7.31. The maximum absolute atomic E-state index is 11.6. The highest BCUT2D eigenvalue weighted by atomic mass is 79.9. The number of fused-ring (bicyclic) bond motifs is 1. The van der Waals surface area contributed by atoms with Crippen molar-refractivity contribution in [2.24, 2.45) is 5.92 Å². The third kappa shape index (κ3) is 2.12. The van der Waals surface area contributed by atoms with Crippen molar-refractivity contribution < 1.29 is 4.79 Å². The molecule has 0 radical (unpaired) electrons. The third-order valence-electron chi connectivity index (χ3n) is 3.89. The van der Waals surface area contributed by atoms with Gasteiger partial charge in [0.05, 0.1) is 0 Å². The van der Waals surface area contributed by atoms with Crippen LogP contribution in [0.5, 0.6) is 0 Å². The molecule has 18 heavy (non-hydrogen) atoms. The molecule has 0 amide bonds. The predicted octanol–water partition coefficient (Wildman–Crippen LogP) is 4.16. The number of aromatic nitrogens is 1. The van der Waals surface area contributed by atoms with Crippen LogP contribution < -0.4 is 0 Å². The fourth-order valence-electron chi connectivity index (χ4n) is 2.88.